The molecule has 0 saturated carbocycles. The van der Waals surface area contributed by atoms with Crippen LogP contribution in [0.3, 0.4) is 0 Å². The van der Waals surface area contributed by atoms with Gasteiger partial charge in [0.25, 0.3) is 0 Å². The molecule has 0 aliphatic carbocycles. The molecule has 1 aromatic heterocycles. The normalized spacial score (nSPS) is 10.8. The van der Waals surface area contributed by atoms with Crippen molar-refractivity contribution in [2.24, 2.45) is 0 Å². The molecule has 1 heterocycles. The van der Waals surface area contributed by atoms with Crippen LogP contribution in [0.15, 0.2) is 27.4 Å². The maximum atomic E-state index is 11.7. The molecule has 0 spiro atoms. The van der Waals surface area contributed by atoms with Crippen molar-refractivity contribution in [3.8, 4) is 0 Å². The van der Waals surface area contributed by atoms with Gasteiger partial charge in [0.2, 0.25) is 0 Å². The molecule has 96 valence electrons. The van der Waals surface area contributed by atoms with Crippen LogP contribution in [0.2, 0.25) is 0 Å². The van der Waals surface area contributed by atoms with Gasteiger partial charge in [0.05, 0.1) is 18.2 Å². The van der Waals surface area contributed by atoms with Crippen molar-refractivity contribution in [1.82, 2.24) is 4.57 Å². The third kappa shape index (κ3) is 2.16. The first kappa shape index (κ1) is 12.4. The highest BCUT2D eigenvalue weighted by molar-refractivity contribution is 5.93. The van der Waals surface area contributed by atoms with Gasteiger partial charge in [-0.05, 0) is 24.6 Å². The molecule has 2 aromatic rings. The summed E-state index contributed by atoms with van der Waals surface area (Å²) < 4.78 is 11.3. The number of rotatable bonds is 4. The lowest BCUT2D eigenvalue weighted by atomic mass is 10.2. The molecule has 0 unspecified atom stereocenters. The second kappa shape index (κ2) is 5.08. The Bertz CT molecular complexity index is 623. The van der Waals surface area contributed by atoms with Crippen LogP contribution in [0.1, 0.15) is 30.1 Å². The van der Waals surface area contributed by atoms with Gasteiger partial charge in [-0.15, -0.1) is 0 Å². The van der Waals surface area contributed by atoms with Crippen LogP contribution in [-0.2, 0) is 11.3 Å². The molecular formula is C13H15NO4. The first-order valence-electron chi connectivity index (χ1n) is 5.89. The van der Waals surface area contributed by atoms with Crippen molar-refractivity contribution < 1.29 is 13.9 Å². The summed E-state index contributed by atoms with van der Waals surface area (Å²) in [5, 5.41) is 0. The molecule has 0 atom stereocenters. The number of carbonyl (C=O) groups excluding carboxylic acids is 1. The number of ether oxygens (including phenoxy) is 1. The van der Waals surface area contributed by atoms with Crippen LogP contribution in [0.5, 0.6) is 0 Å². The molecule has 1 aromatic carbocycles. The van der Waals surface area contributed by atoms with Gasteiger partial charge in [-0.2, -0.15) is 0 Å². The summed E-state index contributed by atoms with van der Waals surface area (Å²) in [7, 11) is 1.31. The van der Waals surface area contributed by atoms with Crippen molar-refractivity contribution in [1.29, 1.82) is 0 Å². The number of carbonyl (C=O) groups is 1. The fraction of sp³-hybridized carbons (Fsp3) is 0.385. The summed E-state index contributed by atoms with van der Waals surface area (Å²) in [5.74, 6) is -0.832. The zero-order valence-electron chi connectivity index (χ0n) is 10.4. The number of aromatic nitrogens is 1. The van der Waals surface area contributed by atoms with E-state index in [1.807, 2.05) is 0 Å². The van der Waals surface area contributed by atoms with Gasteiger partial charge in [-0.3, -0.25) is 4.57 Å². The van der Waals surface area contributed by atoms with Crippen molar-refractivity contribution >= 4 is 17.1 Å². The van der Waals surface area contributed by atoms with E-state index < -0.39 is 5.97 Å². The fourth-order valence-corrected chi connectivity index (χ4v) is 1.84. The number of hydrogen-bond donors (Lipinski definition) is 0. The van der Waals surface area contributed by atoms with Crippen LogP contribution >= 0.6 is 0 Å². The monoisotopic (exact) mass is 249 g/mol. The minimum absolute atomic E-state index is 0.376. The molecular weight excluding hydrogens is 234 g/mol. The Hall–Kier alpha value is -2.04. The van der Waals surface area contributed by atoms with Crippen LogP contribution in [0, 0.1) is 0 Å². The predicted molar refractivity (Wildman–Crippen MR) is 66.7 cm³/mol. The highest BCUT2D eigenvalue weighted by atomic mass is 16.5. The first-order chi connectivity index (χ1) is 8.67. The van der Waals surface area contributed by atoms with Crippen molar-refractivity contribution in [2.75, 3.05) is 7.11 Å². The molecule has 0 saturated heterocycles. The Labute approximate surface area is 104 Å². The van der Waals surface area contributed by atoms with Crippen molar-refractivity contribution in [2.45, 2.75) is 26.3 Å². The van der Waals surface area contributed by atoms with E-state index >= 15 is 0 Å². The molecule has 0 bridgehead atoms. The third-order valence-corrected chi connectivity index (χ3v) is 2.82. The lowest BCUT2D eigenvalue weighted by Crippen LogP contribution is -2.13. The number of fused-ring (bicyclic) bond motifs is 1. The van der Waals surface area contributed by atoms with Crippen molar-refractivity contribution in [3.05, 3.63) is 34.3 Å². The van der Waals surface area contributed by atoms with Gasteiger partial charge < -0.3 is 9.15 Å². The quantitative estimate of drug-likeness (QED) is 0.779. The number of nitrogens with zero attached hydrogens (tertiary/aromatic N) is 1. The summed E-state index contributed by atoms with van der Waals surface area (Å²) in [6, 6.07) is 4.87. The Balaban J connectivity index is 2.47. The molecule has 5 nitrogen and oxygen atoms in total. The van der Waals surface area contributed by atoms with Gasteiger partial charge in [-0.1, -0.05) is 13.3 Å². The molecule has 0 N–H and O–H groups in total. The maximum absolute atomic E-state index is 11.7. The first-order valence-corrected chi connectivity index (χ1v) is 5.89. The standard InChI is InChI=1S/C13H15NO4/c1-3-4-7-14-10-6-5-9(12(15)17-2)8-11(10)18-13(14)16/h5-6,8H,3-4,7H2,1-2H3. The Kier molecular flexibility index (Phi) is 3.50. The zero-order valence-corrected chi connectivity index (χ0v) is 10.4. The Morgan fingerprint density at radius 1 is 1.44 bits per heavy atom. The Morgan fingerprint density at radius 2 is 2.22 bits per heavy atom. The number of aryl methyl sites for hydroxylation is 1. The fourth-order valence-electron chi connectivity index (χ4n) is 1.84. The Morgan fingerprint density at radius 3 is 2.89 bits per heavy atom. The number of methoxy groups -OCH3 is 1. The van der Waals surface area contributed by atoms with E-state index in [2.05, 4.69) is 11.7 Å². The molecule has 18 heavy (non-hydrogen) atoms. The third-order valence-electron chi connectivity index (χ3n) is 2.82. The number of benzene rings is 1. The average Bonchev–Trinajstić information content (AvgIpc) is 2.70. The molecule has 5 heteroatoms. The van der Waals surface area contributed by atoms with Crippen LogP contribution < -0.4 is 5.76 Å². The average molecular weight is 249 g/mol. The van der Waals surface area contributed by atoms with E-state index in [1.165, 1.54) is 13.2 Å². The van der Waals surface area contributed by atoms with Crippen molar-refractivity contribution in [3.63, 3.8) is 0 Å². The minimum atomic E-state index is -0.444. The second-order valence-corrected chi connectivity index (χ2v) is 4.05. The van der Waals surface area contributed by atoms with E-state index in [1.54, 1.807) is 16.7 Å². The molecule has 0 fully saturated rings. The number of esters is 1. The van der Waals surface area contributed by atoms with Crippen LogP contribution in [0.4, 0.5) is 0 Å². The van der Waals surface area contributed by atoms with E-state index in [0.29, 0.717) is 23.2 Å². The topological polar surface area (TPSA) is 61.4 Å². The number of oxazole rings is 1. The van der Waals surface area contributed by atoms with E-state index in [0.717, 1.165) is 12.8 Å². The largest absolute Gasteiger partial charge is 0.465 e. The number of unbranched alkanes of at least 4 members (excludes halogenated alkanes) is 1. The number of hydrogen-bond acceptors (Lipinski definition) is 4. The smallest absolute Gasteiger partial charge is 0.419 e. The summed E-state index contributed by atoms with van der Waals surface area (Å²) in [6.07, 6.45) is 1.91. The molecule has 2 rings (SSSR count). The summed E-state index contributed by atoms with van der Waals surface area (Å²) in [6.45, 7) is 2.68. The minimum Gasteiger partial charge on any atom is -0.465 e. The summed E-state index contributed by atoms with van der Waals surface area (Å²) in [5.41, 5.74) is 1.50. The van der Waals surface area contributed by atoms with Crippen LogP contribution in [-0.4, -0.2) is 17.6 Å². The van der Waals surface area contributed by atoms with Crippen LogP contribution in [0.25, 0.3) is 11.1 Å². The lowest BCUT2D eigenvalue weighted by molar-refractivity contribution is 0.0601. The van der Waals surface area contributed by atoms with E-state index in [4.69, 9.17) is 4.42 Å². The second-order valence-electron chi connectivity index (χ2n) is 4.05. The lowest BCUT2D eigenvalue weighted by Gasteiger charge is -2.01. The predicted octanol–water partition coefficient (Wildman–Crippen LogP) is 2.18. The maximum Gasteiger partial charge on any atom is 0.419 e. The summed E-state index contributed by atoms with van der Waals surface area (Å²) >= 11 is 0. The molecule has 0 aliphatic rings. The van der Waals surface area contributed by atoms with Gasteiger partial charge in [0.15, 0.2) is 5.58 Å². The highest BCUT2D eigenvalue weighted by Gasteiger charge is 2.12. The SMILES string of the molecule is CCCCn1c(=O)oc2cc(C(=O)OC)ccc21. The summed E-state index contributed by atoms with van der Waals surface area (Å²) in [4.78, 5) is 23.0. The highest BCUT2D eigenvalue weighted by Crippen LogP contribution is 2.16. The van der Waals surface area contributed by atoms with Gasteiger partial charge in [0, 0.05) is 6.54 Å². The molecule has 0 radical (unpaired) electrons. The van der Waals surface area contributed by atoms with Gasteiger partial charge in [-0.25, -0.2) is 9.59 Å². The van der Waals surface area contributed by atoms with Gasteiger partial charge >= 0.3 is 11.7 Å². The van der Waals surface area contributed by atoms with E-state index in [-0.39, 0.29) is 5.76 Å². The zero-order chi connectivity index (χ0) is 13.1. The molecule has 0 amide bonds. The molecule has 0 aliphatic heterocycles. The van der Waals surface area contributed by atoms with E-state index in [9.17, 15) is 9.59 Å². The van der Waals surface area contributed by atoms with Gasteiger partial charge in [0.1, 0.15) is 0 Å².